The highest BCUT2D eigenvalue weighted by Gasteiger charge is 2.21. The fourth-order valence-electron chi connectivity index (χ4n) is 9.89. The van der Waals surface area contributed by atoms with Gasteiger partial charge in [0.05, 0.1) is 16.7 Å². The molecule has 0 spiro atoms. The Hall–Kier alpha value is -8.40. The van der Waals surface area contributed by atoms with Crippen LogP contribution in [0.2, 0.25) is 0 Å². The first-order chi connectivity index (χ1) is 31.2. The molecule has 0 aliphatic carbocycles. The molecule has 0 saturated carbocycles. The lowest BCUT2D eigenvalue weighted by Gasteiger charge is -2.26. The van der Waals surface area contributed by atoms with Crippen molar-refractivity contribution in [1.82, 2.24) is 4.57 Å². The van der Waals surface area contributed by atoms with Crippen LogP contribution in [0.3, 0.4) is 0 Å². The lowest BCUT2D eigenvalue weighted by molar-refractivity contribution is 0.673. The van der Waals surface area contributed by atoms with Crippen LogP contribution in [-0.4, -0.2) is 4.57 Å². The third kappa shape index (κ3) is 5.67. The largest absolute Gasteiger partial charge is 0.453 e. The van der Waals surface area contributed by atoms with Crippen molar-refractivity contribution in [1.29, 1.82) is 0 Å². The number of hydrogen-bond acceptors (Lipinski definition) is 2. The van der Waals surface area contributed by atoms with Crippen molar-refractivity contribution in [3.63, 3.8) is 0 Å². The minimum atomic E-state index is 0.859. The van der Waals surface area contributed by atoms with E-state index in [1.54, 1.807) is 0 Å². The van der Waals surface area contributed by atoms with Crippen LogP contribution >= 0.6 is 0 Å². The first-order valence-corrected chi connectivity index (χ1v) is 21.6. The van der Waals surface area contributed by atoms with E-state index in [-0.39, 0.29) is 0 Å². The summed E-state index contributed by atoms with van der Waals surface area (Å²) in [5.74, 6) is 0. The molecule has 3 nitrogen and oxygen atoms in total. The molecule has 13 aromatic rings. The third-order valence-electron chi connectivity index (χ3n) is 12.9. The van der Waals surface area contributed by atoms with E-state index in [9.17, 15) is 0 Å². The van der Waals surface area contributed by atoms with Crippen molar-refractivity contribution in [2.75, 3.05) is 4.90 Å². The topological polar surface area (TPSA) is 21.3 Å². The van der Waals surface area contributed by atoms with Gasteiger partial charge in [-0.1, -0.05) is 170 Å². The Balaban J connectivity index is 0.961. The predicted octanol–water partition coefficient (Wildman–Crippen LogP) is 16.9. The van der Waals surface area contributed by atoms with Gasteiger partial charge in [0, 0.05) is 49.4 Å². The van der Waals surface area contributed by atoms with Gasteiger partial charge in [0.2, 0.25) is 0 Å². The van der Waals surface area contributed by atoms with E-state index >= 15 is 0 Å². The second kappa shape index (κ2) is 14.1. The summed E-state index contributed by atoms with van der Waals surface area (Å²) in [5.41, 5.74) is 13.1. The molecule has 0 radical (unpaired) electrons. The molecule has 0 fully saturated rings. The summed E-state index contributed by atoms with van der Waals surface area (Å²) in [6.45, 7) is 0. The number of anilines is 3. The summed E-state index contributed by atoms with van der Waals surface area (Å²) >= 11 is 0. The number of benzene rings is 11. The molecular formula is C60H38N2O. The minimum Gasteiger partial charge on any atom is -0.453 e. The van der Waals surface area contributed by atoms with E-state index in [0.29, 0.717) is 0 Å². The number of para-hydroxylation sites is 2. The van der Waals surface area contributed by atoms with E-state index in [1.807, 2.05) is 0 Å². The summed E-state index contributed by atoms with van der Waals surface area (Å²) in [5, 5.41) is 11.9. The SMILES string of the molecule is c1ccc(-n2c3cc(-c4ccc(N(c5ccc(-c6ccc7ccccc7c6)cc5)c5cccc6c5oc5c7ccccc7ccc65)cc4)ccc3c3ccc4ccccc4c32)cc1. The van der Waals surface area contributed by atoms with Gasteiger partial charge in [-0.05, 0) is 104 Å². The molecule has 0 N–H and O–H groups in total. The summed E-state index contributed by atoms with van der Waals surface area (Å²) < 4.78 is 9.38. The van der Waals surface area contributed by atoms with Gasteiger partial charge in [-0.25, -0.2) is 0 Å². The molecule has 13 rings (SSSR count). The zero-order valence-electron chi connectivity index (χ0n) is 34.2. The van der Waals surface area contributed by atoms with Crippen molar-refractivity contribution in [3.05, 3.63) is 231 Å². The summed E-state index contributed by atoms with van der Waals surface area (Å²) in [6.07, 6.45) is 0. The van der Waals surface area contributed by atoms with Gasteiger partial charge in [0.1, 0.15) is 5.58 Å². The first kappa shape index (κ1) is 35.4. The van der Waals surface area contributed by atoms with E-state index in [2.05, 4.69) is 240 Å². The Labute approximate surface area is 363 Å². The number of nitrogens with zero attached hydrogens (tertiary/aromatic N) is 2. The van der Waals surface area contributed by atoms with Crippen LogP contribution in [0, 0.1) is 0 Å². The second-order valence-electron chi connectivity index (χ2n) is 16.5. The fraction of sp³-hybridized carbons (Fsp3) is 0. The molecule has 2 heterocycles. The summed E-state index contributed by atoms with van der Waals surface area (Å²) in [7, 11) is 0. The Bertz CT molecular complexity index is 3900. The number of rotatable bonds is 6. The Morgan fingerprint density at radius 2 is 0.841 bits per heavy atom. The minimum absolute atomic E-state index is 0.859. The van der Waals surface area contributed by atoms with E-state index in [1.165, 1.54) is 54.5 Å². The fourth-order valence-corrected chi connectivity index (χ4v) is 9.89. The maximum absolute atomic E-state index is 6.94. The van der Waals surface area contributed by atoms with E-state index in [0.717, 1.165) is 66.6 Å². The Morgan fingerprint density at radius 3 is 1.59 bits per heavy atom. The highest BCUT2D eigenvalue weighted by Crippen LogP contribution is 2.45. The molecule has 0 aliphatic heterocycles. The van der Waals surface area contributed by atoms with Gasteiger partial charge in [0.15, 0.2) is 5.58 Å². The van der Waals surface area contributed by atoms with Crippen LogP contribution in [-0.2, 0) is 0 Å². The average molecular weight is 803 g/mol. The number of aromatic nitrogens is 1. The summed E-state index contributed by atoms with van der Waals surface area (Å²) in [6, 6.07) is 83.4. The van der Waals surface area contributed by atoms with Crippen molar-refractivity contribution in [2.24, 2.45) is 0 Å². The number of fused-ring (bicyclic) bond motifs is 11. The Kier molecular flexibility index (Phi) is 7.91. The smallest absolute Gasteiger partial charge is 0.159 e. The lowest BCUT2D eigenvalue weighted by atomic mass is 10.0. The molecule has 11 aromatic carbocycles. The highest BCUT2D eigenvalue weighted by atomic mass is 16.3. The Morgan fingerprint density at radius 1 is 0.317 bits per heavy atom. The van der Waals surface area contributed by atoms with Crippen molar-refractivity contribution in [2.45, 2.75) is 0 Å². The first-order valence-electron chi connectivity index (χ1n) is 21.6. The van der Waals surface area contributed by atoms with Gasteiger partial charge in [-0.3, -0.25) is 0 Å². The zero-order valence-corrected chi connectivity index (χ0v) is 34.2. The molecule has 0 bridgehead atoms. The molecule has 3 heteroatoms. The van der Waals surface area contributed by atoms with Gasteiger partial charge >= 0.3 is 0 Å². The summed E-state index contributed by atoms with van der Waals surface area (Å²) in [4.78, 5) is 2.34. The average Bonchev–Trinajstić information content (AvgIpc) is 3.91. The maximum Gasteiger partial charge on any atom is 0.159 e. The van der Waals surface area contributed by atoms with Gasteiger partial charge in [-0.15, -0.1) is 0 Å². The number of furan rings is 1. The van der Waals surface area contributed by atoms with Gasteiger partial charge in [0.25, 0.3) is 0 Å². The molecule has 0 saturated heterocycles. The van der Waals surface area contributed by atoms with E-state index < -0.39 is 0 Å². The predicted molar refractivity (Wildman–Crippen MR) is 266 cm³/mol. The van der Waals surface area contributed by atoms with Crippen LogP contribution in [0.25, 0.3) is 104 Å². The highest BCUT2D eigenvalue weighted by molar-refractivity contribution is 6.20. The quantitative estimate of drug-likeness (QED) is 0.167. The molecule has 0 amide bonds. The van der Waals surface area contributed by atoms with Crippen LogP contribution in [0.4, 0.5) is 17.1 Å². The molecule has 294 valence electrons. The second-order valence-corrected chi connectivity index (χ2v) is 16.5. The van der Waals surface area contributed by atoms with E-state index in [4.69, 9.17) is 4.42 Å². The molecule has 2 aromatic heterocycles. The molecule has 0 atom stereocenters. The molecule has 0 aliphatic rings. The van der Waals surface area contributed by atoms with Gasteiger partial charge in [-0.2, -0.15) is 0 Å². The monoisotopic (exact) mass is 802 g/mol. The zero-order chi connectivity index (χ0) is 41.4. The normalized spacial score (nSPS) is 11.8. The molecule has 0 unspecified atom stereocenters. The van der Waals surface area contributed by atoms with Crippen LogP contribution in [0.1, 0.15) is 0 Å². The lowest BCUT2D eigenvalue weighted by Crippen LogP contribution is -2.10. The van der Waals surface area contributed by atoms with Crippen molar-refractivity contribution < 1.29 is 4.42 Å². The van der Waals surface area contributed by atoms with Crippen molar-refractivity contribution >= 4 is 93.1 Å². The standard InChI is InChI=1S/C60H38N2O/c1-2-15-47(16-3-1)62-57-38-46(29-34-52(57)53-35-27-42-12-6-8-17-50(42)58(53)62)41-25-32-49(33-26-41)61(48-30-23-40(24-31-48)45-22-21-39-11-4-5-14-44(39)37-45)56-20-10-19-54-55-36-28-43-13-7-9-18-51(43)59(55)63-60(54)56/h1-38H. The number of hydrogen-bond donors (Lipinski definition) is 0. The maximum atomic E-state index is 6.94. The molecule has 63 heavy (non-hydrogen) atoms. The van der Waals surface area contributed by atoms with Crippen LogP contribution in [0.15, 0.2) is 235 Å². The van der Waals surface area contributed by atoms with Crippen LogP contribution < -0.4 is 4.90 Å². The van der Waals surface area contributed by atoms with Crippen LogP contribution in [0.5, 0.6) is 0 Å². The third-order valence-corrected chi connectivity index (χ3v) is 12.9. The molecular weight excluding hydrogens is 765 g/mol. The van der Waals surface area contributed by atoms with Crippen molar-refractivity contribution in [3.8, 4) is 27.9 Å². The van der Waals surface area contributed by atoms with Gasteiger partial charge < -0.3 is 13.9 Å².